The van der Waals surface area contributed by atoms with Gasteiger partial charge in [-0.05, 0) is 31.0 Å². The molecule has 0 saturated carbocycles. The molecule has 0 bridgehead atoms. The Hall–Kier alpha value is -2.35. The van der Waals surface area contributed by atoms with Crippen molar-refractivity contribution < 1.29 is 4.79 Å². The highest BCUT2D eigenvalue weighted by Gasteiger charge is 2.14. The number of carbonyl (C=O) groups excluding carboxylic acids is 1. The first kappa shape index (κ1) is 15.0. The van der Waals surface area contributed by atoms with Gasteiger partial charge in [0.05, 0.1) is 0 Å². The Labute approximate surface area is 126 Å². The molecule has 108 valence electrons. The van der Waals surface area contributed by atoms with Crippen molar-refractivity contribution in [3.8, 4) is 0 Å². The molecule has 0 fully saturated rings. The lowest BCUT2D eigenvalue weighted by molar-refractivity contribution is 0.0773. The van der Waals surface area contributed by atoms with Crippen LogP contribution in [0.25, 0.3) is 12.2 Å². The zero-order valence-electron chi connectivity index (χ0n) is 12.6. The summed E-state index contributed by atoms with van der Waals surface area (Å²) >= 11 is 0. The van der Waals surface area contributed by atoms with Crippen LogP contribution >= 0.6 is 0 Å². The van der Waals surface area contributed by atoms with Crippen molar-refractivity contribution in [1.29, 1.82) is 0 Å². The van der Waals surface area contributed by atoms with Crippen LogP contribution in [-0.2, 0) is 0 Å². The molecule has 0 spiro atoms. The maximum atomic E-state index is 12.5. The highest BCUT2D eigenvalue weighted by molar-refractivity contribution is 5.98. The first-order valence-electron chi connectivity index (χ1n) is 7.37. The van der Waals surface area contributed by atoms with Crippen LogP contribution in [0.4, 0.5) is 0 Å². The van der Waals surface area contributed by atoms with Gasteiger partial charge in [0, 0.05) is 18.7 Å². The van der Waals surface area contributed by atoms with Gasteiger partial charge in [-0.3, -0.25) is 4.79 Å². The van der Waals surface area contributed by atoms with Crippen molar-refractivity contribution in [3.05, 3.63) is 71.3 Å². The van der Waals surface area contributed by atoms with Crippen molar-refractivity contribution in [2.75, 3.05) is 13.1 Å². The highest BCUT2D eigenvalue weighted by Crippen LogP contribution is 2.15. The monoisotopic (exact) mass is 279 g/mol. The largest absolute Gasteiger partial charge is 0.339 e. The summed E-state index contributed by atoms with van der Waals surface area (Å²) in [5.41, 5.74) is 2.84. The molecule has 0 aliphatic rings. The van der Waals surface area contributed by atoms with Gasteiger partial charge < -0.3 is 4.90 Å². The van der Waals surface area contributed by atoms with Gasteiger partial charge in [0.25, 0.3) is 5.91 Å². The normalized spacial score (nSPS) is 10.8. The molecule has 0 N–H and O–H groups in total. The van der Waals surface area contributed by atoms with E-state index in [1.807, 2.05) is 85.5 Å². The summed E-state index contributed by atoms with van der Waals surface area (Å²) in [5, 5.41) is 0. The van der Waals surface area contributed by atoms with Crippen LogP contribution in [0.2, 0.25) is 0 Å². The minimum absolute atomic E-state index is 0.0910. The SMILES string of the molecule is CCN(CC)C(=O)c1ccccc1C=Cc1ccccc1. The van der Waals surface area contributed by atoms with Crippen LogP contribution < -0.4 is 0 Å². The van der Waals surface area contributed by atoms with Crippen LogP contribution in [0.5, 0.6) is 0 Å². The van der Waals surface area contributed by atoms with E-state index >= 15 is 0 Å². The third kappa shape index (κ3) is 3.82. The van der Waals surface area contributed by atoms with Crippen molar-refractivity contribution in [2.45, 2.75) is 13.8 Å². The third-order valence-electron chi connectivity index (χ3n) is 3.50. The van der Waals surface area contributed by atoms with Gasteiger partial charge in [0.1, 0.15) is 0 Å². The van der Waals surface area contributed by atoms with E-state index in [1.165, 1.54) is 0 Å². The molecule has 0 aliphatic heterocycles. The summed E-state index contributed by atoms with van der Waals surface area (Å²) in [4.78, 5) is 14.4. The molecule has 0 saturated heterocycles. The number of nitrogens with zero attached hydrogens (tertiary/aromatic N) is 1. The van der Waals surface area contributed by atoms with Crippen LogP contribution in [0, 0.1) is 0 Å². The lowest BCUT2D eigenvalue weighted by Crippen LogP contribution is -2.30. The Morgan fingerprint density at radius 2 is 1.52 bits per heavy atom. The lowest BCUT2D eigenvalue weighted by Gasteiger charge is -2.19. The van der Waals surface area contributed by atoms with Crippen molar-refractivity contribution >= 4 is 18.1 Å². The molecule has 0 aromatic heterocycles. The molecule has 2 heteroatoms. The quantitative estimate of drug-likeness (QED) is 0.746. The van der Waals surface area contributed by atoms with E-state index < -0.39 is 0 Å². The average Bonchev–Trinajstić information content (AvgIpc) is 2.55. The van der Waals surface area contributed by atoms with Gasteiger partial charge in [-0.2, -0.15) is 0 Å². The first-order chi connectivity index (χ1) is 10.3. The predicted molar refractivity (Wildman–Crippen MR) is 89.1 cm³/mol. The van der Waals surface area contributed by atoms with E-state index in [1.54, 1.807) is 0 Å². The van der Waals surface area contributed by atoms with Crippen LogP contribution in [0.1, 0.15) is 35.3 Å². The first-order valence-corrected chi connectivity index (χ1v) is 7.37. The third-order valence-corrected chi connectivity index (χ3v) is 3.50. The summed E-state index contributed by atoms with van der Waals surface area (Å²) in [5.74, 6) is 0.0910. The van der Waals surface area contributed by atoms with E-state index in [2.05, 4.69) is 0 Å². The molecule has 0 radical (unpaired) electrons. The molecule has 0 atom stereocenters. The van der Waals surface area contributed by atoms with E-state index in [0.29, 0.717) is 0 Å². The Balaban J connectivity index is 2.29. The van der Waals surface area contributed by atoms with Gasteiger partial charge in [-0.25, -0.2) is 0 Å². The molecule has 2 aromatic rings. The maximum Gasteiger partial charge on any atom is 0.254 e. The molecule has 0 heterocycles. The van der Waals surface area contributed by atoms with Gasteiger partial charge in [0.15, 0.2) is 0 Å². The van der Waals surface area contributed by atoms with Crippen LogP contribution in [0.3, 0.4) is 0 Å². The molecule has 1 amide bonds. The molecular weight excluding hydrogens is 258 g/mol. The van der Waals surface area contributed by atoms with E-state index in [9.17, 15) is 4.79 Å². The number of amides is 1. The van der Waals surface area contributed by atoms with Gasteiger partial charge in [0.2, 0.25) is 0 Å². The Kier molecular flexibility index (Phi) is 5.33. The second kappa shape index (κ2) is 7.44. The summed E-state index contributed by atoms with van der Waals surface area (Å²) in [6.45, 7) is 5.46. The van der Waals surface area contributed by atoms with Crippen LogP contribution in [0.15, 0.2) is 54.6 Å². The van der Waals surface area contributed by atoms with Gasteiger partial charge in [-0.15, -0.1) is 0 Å². The number of carbonyl (C=O) groups is 1. The Bertz CT molecular complexity index is 612. The second-order valence-corrected chi connectivity index (χ2v) is 4.81. The second-order valence-electron chi connectivity index (χ2n) is 4.81. The van der Waals surface area contributed by atoms with Gasteiger partial charge >= 0.3 is 0 Å². The maximum absolute atomic E-state index is 12.5. The summed E-state index contributed by atoms with van der Waals surface area (Å²) in [6, 6.07) is 17.9. The van der Waals surface area contributed by atoms with E-state index in [0.717, 1.165) is 29.8 Å². The van der Waals surface area contributed by atoms with Crippen molar-refractivity contribution in [2.24, 2.45) is 0 Å². The fraction of sp³-hybridized carbons (Fsp3) is 0.211. The van der Waals surface area contributed by atoms with Crippen LogP contribution in [-0.4, -0.2) is 23.9 Å². The lowest BCUT2D eigenvalue weighted by atomic mass is 10.0. The predicted octanol–water partition coefficient (Wildman–Crippen LogP) is 4.34. The smallest absolute Gasteiger partial charge is 0.254 e. The summed E-state index contributed by atoms with van der Waals surface area (Å²) < 4.78 is 0. The molecule has 0 aliphatic carbocycles. The Morgan fingerprint density at radius 3 is 2.19 bits per heavy atom. The molecular formula is C19H21NO. The summed E-state index contributed by atoms with van der Waals surface area (Å²) in [7, 11) is 0. The van der Waals surface area contributed by atoms with E-state index in [-0.39, 0.29) is 5.91 Å². The molecule has 2 rings (SSSR count). The average molecular weight is 279 g/mol. The standard InChI is InChI=1S/C19H21NO/c1-3-20(4-2)19(21)18-13-9-8-12-17(18)15-14-16-10-6-5-7-11-16/h5-15H,3-4H2,1-2H3. The molecule has 2 nitrogen and oxygen atoms in total. The highest BCUT2D eigenvalue weighted by atomic mass is 16.2. The van der Waals surface area contributed by atoms with Gasteiger partial charge in [-0.1, -0.05) is 60.7 Å². The zero-order chi connectivity index (χ0) is 15.1. The number of hydrogen-bond donors (Lipinski definition) is 0. The molecule has 0 unspecified atom stereocenters. The minimum atomic E-state index is 0.0910. The molecule has 2 aromatic carbocycles. The fourth-order valence-electron chi connectivity index (χ4n) is 2.27. The topological polar surface area (TPSA) is 20.3 Å². The summed E-state index contributed by atoms with van der Waals surface area (Å²) in [6.07, 6.45) is 4.04. The van der Waals surface area contributed by atoms with E-state index in [4.69, 9.17) is 0 Å². The molecule has 21 heavy (non-hydrogen) atoms. The fourth-order valence-corrected chi connectivity index (χ4v) is 2.27. The number of hydrogen-bond acceptors (Lipinski definition) is 1. The van der Waals surface area contributed by atoms with Crippen molar-refractivity contribution in [3.63, 3.8) is 0 Å². The minimum Gasteiger partial charge on any atom is -0.339 e. The number of benzene rings is 2. The Morgan fingerprint density at radius 1 is 0.905 bits per heavy atom. The van der Waals surface area contributed by atoms with Crippen molar-refractivity contribution in [1.82, 2.24) is 4.90 Å². The number of rotatable bonds is 5. The zero-order valence-corrected chi connectivity index (χ0v) is 12.6.